The summed E-state index contributed by atoms with van der Waals surface area (Å²) in [5.41, 5.74) is 0.861. The summed E-state index contributed by atoms with van der Waals surface area (Å²) in [6, 6.07) is 0. The smallest absolute Gasteiger partial charge is 0.315 e. The number of aryl methyl sites for hydroxylation is 1. The van der Waals surface area contributed by atoms with Crippen LogP contribution in [0.1, 0.15) is 29.8 Å². The minimum atomic E-state index is -0.229. The lowest BCUT2D eigenvalue weighted by molar-refractivity contribution is -0.145. The molecule has 1 aliphatic heterocycles. The van der Waals surface area contributed by atoms with E-state index in [9.17, 15) is 9.59 Å². The van der Waals surface area contributed by atoms with Gasteiger partial charge in [-0.1, -0.05) is 0 Å². The van der Waals surface area contributed by atoms with Gasteiger partial charge in [0, 0.05) is 25.0 Å². The number of ether oxygens (including phenoxy) is 1. The van der Waals surface area contributed by atoms with Gasteiger partial charge in [0.05, 0.1) is 18.8 Å². The van der Waals surface area contributed by atoms with Crippen LogP contribution in [-0.4, -0.2) is 55.0 Å². The quantitative estimate of drug-likeness (QED) is 0.780. The molecule has 1 unspecified atom stereocenters. The van der Waals surface area contributed by atoms with Gasteiger partial charge in [0.1, 0.15) is 5.92 Å². The Labute approximate surface area is 127 Å². The molecule has 2 aliphatic rings. The van der Waals surface area contributed by atoms with E-state index in [1.165, 1.54) is 0 Å². The fourth-order valence-corrected chi connectivity index (χ4v) is 3.91. The molecule has 0 aromatic carbocycles. The molecule has 21 heavy (non-hydrogen) atoms. The van der Waals surface area contributed by atoms with Crippen LogP contribution in [0, 0.1) is 0 Å². The lowest BCUT2D eigenvalue weighted by Crippen LogP contribution is -2.48. The third-order valence-corrected chi connectivity index (χ3v) is 5.20. The molecule has 0 N–H and O–H groups in total. The molecule has 0 bridgehead atoms. The zero-order valence-corrected chi connectivity index (χ0v) is 13.1. The van der Waals surface area contributed by atoms with Crippen molar-refractivity contribution in [1.29, 1.82) is 0 Å². The number of hydrogen-bond acceptors (Lipinski definition) is 6. The lowest BCUT2D eigenvalue weighted by Gasteiger charge is -2.31. The Bertz CT molecular complexity index is 572. The highest BCUT2D eigenvalue weighted by molar-refractivity contribution is 7.15. The minimum absolute atomic E-state index is 0.110. The number of esters is 1. The predicted molar refractivity (Wildman–Crippen MR) is 79.7 cm³/mol. The normalized spacial score (nSPS) is 21.6. The highest BCUT2D eigenvalue weighted by atomic mass is 32.1. The summed E-state index contributed by atoms with van der Waals surface area (Å²) in [5, 5.41) is 0.857. The summed E-state index contributed by atoms with van der Waals surface area (Å²) in [7, 11) is 1.82. The molecule has 114 valence electrons. The molecule has 2 heterocycles. The molecule has 0 saturated carbocycles. The van der Waals surface area contributed by atoms with Crippen molar-refractivity contribution in [3.8, 4) is 0 Å². The number of anilines is 1. The second-order valence-electron chi connectivity index (χ2n) is 5.39. The van der Waals surface area contributed by atoms with Gasteiger partial charge in [-0.25, -0.2) is 4.98 Å². The first kappa shape index (κ1) is 14.3. The van der Waals surface area contributed by atoms with Crippen LogP contribution in [0.5, 0.6) is 0 Å². The monoisotopic (exact) mass is 309 g/mol. The first-order valence-corrected chi connectivity index (χ1v) is 8.07. The Hall–Kier alpha value is -1.63. The maximum atomic E-state index is 12.0. The molecular formula is C14H19N3O3S. The van der Waals surface area contributed by atoms with Crippen molar-refractivity contribution in [2.45, 2.75) is 25.7 Å². The van der Waals surface area contributed by atoms with Crippen molar-refractivity contribution in [2.24, 2.45) is 0 Å². The molecule has 1 fully saturated rings. The number of amides is 1. The van der Waals surface area contributed by atoms with Gasteiger partial charge in [0.2, 0.25) is 5.91 Å². The maximum Gasteiger partial charge on any atom is 0.315 e. The molecule has 0 radical (unpaired) electrons. The van der Waals surface area contributed by atoms with Crippen LogP contribution in [0.15, 0.2) is 0 Å². The number of carbonyl (C=O) groups excluding carboxylic acids is 2. The molecule has 1 atom stereocenters. The van der Waals surface area contributed by atoms with Crippen LogP contribution < -0.4 is 4.90 Å². The van der Waals surface area contributed by atoms with Crippen LogP contribution in [-0.2, 0) is 20.7 Å². The molecule has 3 rings (SSSR count). The summed E-state index contributed by atoms with van der Waals surface area (Å²) in [6.07, 6.45) is 1.66. The van der Waals surface area contributed by atoms with E-state index in [2.05, 4.69) is 4.98 Å². The Kier molecular flexibility index (Phi) is 3.84. The Morgan fingerprint density at radius 3 is 3.00 bits per heavy atom. The third-order valence-electron chi connectivity index (χ3n) is 4.01. The zero-order chi connectivity index (χ0) is 15.0. The van der Waals surface area contributed by atoms with Crippen molar-refractivity contribution in [3.63, 3.8) is 0 Å². The van der Waals surface area contributed by atoms with E-state index in [1.807, 2.05) is 18.9 Å². The molecule has 7 heteroatoms. The first-order valence-electron chi connectivity index (χ1n) is 7.25. The number of hydrogen-bond donors (Lipinski definition) is 0. The molecule has 0 spiro atoms. The summed E-state index contributed by atoms with van der Waals surface area (Å²) in [6.45, 7) is 4.08. The maximum absolute atomic E-state index is 12.0. The van der Waals surface area contributed by atoms with Crippen LogP contribution in [0.3, 0.4) is 0 Å². The topological polar surface area (TPSA) is 62.7 Å². The summed E-state index contributed by atoms with van der Waals surface area (Å²) < 4.78 is 5.12. The molecule has 1 amide bonds. The summed E-state index contributed by atoms with van der Waals surface area (Å²) in [4.78, 5) is 33.3. The number of nitrogens with zero attached hydrogens (tertiary/aromatic N) is 3. The number of thiazole rings is 1. The van der Waals surface area contributed by atoms with E-state index in [-0.39, 0.29) is 17.8 Å². The SMILES string of the molecule is CCOC(=O)C1CCc2sc(N3CCN(C)C(=O)C3)nc21. The van der Waals surface area contributed by atoms with Crippen molar-refractivity contribution in [1.82, 2.24) is 9.88 Å². The van der Waals surface area contributed by atoms with Gasteiger partial charge in [-0.05, 0) is 19.8 Å². The van der Waals surface area contributed by atoms with Gasteiger partial charge in [-0.2, -0.15) is 0 Å². The van der Waals surface area contributed by atoms with E-state index >= 15 is 0 Å². The highest BCUT2D eigenvalue weighted by Crippen LogP contribution is 2.40. The Morgan fingerprint density at radius 1 is 1.48 bits per heavy atom. The number of carbonyl (C=O) groups is 2. The molecule has 1 saturated heterocycles. The van der Waals surface area contributed by atoms with Crippen LogP contribution in [0.2, 0.25) is 0 Å². The molecule has 1 aromatic heterocycles. The molecular weight excluding hydrogens is 290 g/mol. The Balaban J connectivity index is 1.77. The van der Waals surface area contributed by atoms with Gasteiger partial charge in [-0.15, -0.1) is 11.3 Å². The molecule has 6 nitrogen and oxygen atoms in total. The van der Waals surface area contributed by atoms with Crippen LogP contribution in [0.4, 0.5) is 5.13 Å². The number of likely N-dealkylation sites (N-methyl/N-ethyl adjacent to an activating group) is 1. The van der Waals surface area contributed by atoms with E-state index < -0.39 is 0 Å². The van der Waals surface area contributed by atoms with Crippen molar-refractivity contribution in [3.05, 3.63) is 10.6 Å². The molecule has 1 aromatic rings. The van der Waals surface area contributed by atoms with E-state index in [1.54, 1.807) is 16.2 Å². The van der Waals surface area contributed by atoms with Gasteiger partial charge < -0.3 is 14.5 Å². The largest absolute Gasteiger partial charge is 0.465 e. The zero-order valence-electron chi connectivity index (χ0n) is 12.3. The highest BCUT2D eigenvalue weighted by Gasteiger charge is 2.35. The minimum Gasteiger partial charge on any atom is -0.465 e. The van der Waals surface area contributed by atoms with Crippen molar-refractivity contribution >= 4 is 28.3 Å². The summed E-state index contributed by atoms with van der Waals surface area (Å²) in [5.74, 6) is -0.297. The van der Waals surface area contributed by atoms with Gasteiger partial charge >= 0.3 is 5.97 Å². The second kappa shape index (κ2) is 5.63. The van der Waals surface area contributed by atoms with Crippen molar-refractivity contribution < 1.29 is 14.3 Å². The van der Waals surface area contributed by atoms with E-state index in [0.29, 0.717) is 19.7 Å². The van der Waals surface area contributed by atoms with Gasteiger partial charge in [0.25, 0.3) is 0 Å². The average Bonchev–Trinajstić information content (AvgIpc) is 3.01. The van der Waals surface area contributed by atoms with Gasteiger partial charge in [-0.3, -0.25) is 9.59 Å². The predicted octanol–water partition coefficient (Wildman–Crippen LogP) is 1.01. The average molecular weight is 309 g/mol. The lowest BCUT2D eigenvalue weighted by atomic mass is 10.1. The standard InChI is InChI=1S/C14H19N3O3S/c1-3-20-13(19)9-4-5-10-12(9)15-14(21-10)17-7-6-16(2)11(18)8-17/h9H,3-8H2,1-2H3. The fourth-order valence-electron chi connectivity index (χ4n) is 2.74. The van der Waals surface area contributed by atoms with Crippen molar-refractivity contribution in [2.75, 3.05) is 38.2 Å². The Morgan fingerprint density at radius 2 is 2.29 bits per heavy atom. The third kappa shape index (κ3) is 2.62. The van der Waals surface area contributed by atoms with E-state index in [4.69, 9.17) is 4.74 Å². The molecule has 1 aliphatic carbocycles. The van der Waals surface area contributed by atoms with Crippen LogP contribution >= 0.6 is 11.3 Å². The second-order valence-corrected chi connectivity index (χ2v) is 6.45. The van der Waals surface area contributed by atoms with Gasteiger partial charge in [0.15, 0.2) is 5.13 Å². The number of aromatic nitrogens is 1. The number of piperazine rings is 1. The number of rotatable bonds is 3. The van der Waals surface area contributed by atoms with Crippen LogP contribution in [0.25, 0.3) is 0 Å². The number of fused-ring (bicyclic) bond motifs is 1. The fraction of sp³-hybridized carbons (Fsp3) is 0.643. The first-order chi connectivity index (χ1) is 10.1. The summed E-state index contributed by atoms with van der Waals surface area (Å²) >= 11 is 1.61. The van der Waals surface area contributed by atoms with E-state index in [0.717, 1.165) is 35.1 Å².